The monoisotopic (exact) mass is 244 g/mol. The first kappa shape index (κ1) is 12.1. The van der Waals surface area contributed by atoms with Gasteiger partial charge in [-0.25, -0.2) is 5.43 Å². The molecule has 2 rings (SSSR count). The number of rotatable bonds is 3. The highest BCUT2D eigenvalue weighted by atomic mass is 15.3. The van der Waals surface area contributed by atoms with Crippen molar-refractivity contribution in [2.75, 3.05) is 0 Å². The molecular formula is C12H16N6. The molecule has 0 spiro atoms. The van der Waals surface area contributed by atoms with E-state index in [1.165, 1.54) is 0 Å². The van der Waals surface area contributed by atoms with Crippen LogP contribution in [-0.4, -0.2) is 21.6 Å². The molecule has 2 heterocycles. The number of guanidine groups is 1. The number of nitrogens with one attached hydrogen (secondary N) is 3. The van der Waals surface area contributed by atoms with Gasteiger partial charge in [0.25, 0.3) is 0 Å². The van der Waals surface area contributed by atoms with Crippen molar-refractivity contribution in [1.29, 1.82) is 5.41 Å². The average molecular weight is 244 g/mol. The standard InChI is InChI=1S/C12H16N6/c1-7(2)11(17-18-12(13)14)9-5-8-3-4-15-6-10(8)16-9/h3-7,16H,1-2H3,(H4,13,14,18)/b17-11+. The number of hydrazone groups is 1. The quantitative estimate of drug-likeness (QED) is 0.373. The molecule has 5 N–H and O–H groups in total. The van der Waals surface area contributed by atoms with Gasteiger partial charge < -0.3 is 10.7 Å². The molecule has 0 aliphatic rings. The summed E-state index contributed by atoms with van der Waals surface area (Å²) in [4.78, 5) is 7.32. The predicted octanol–water partition coefficient (Wildman–Crippen LogP) is 1.41. The van der Waals surface area contributed by atoms with Crippen LogP contribution in [0.4, 0.5) is 0 Å². The largest absolute Gasteiger partial charge is 0.369 e. The fraction of sp³-hybridized carbons (Fsp3) is 0.250. The van der Waals surface area contributed by atoms with Crippen LogP contribution < -0.4 is 11.2 Å². The van der Waals surface area contributed by atoms with Gasteiger partial charge in [-0.1, -0.05) is 13.8 Å². The van der Waals surface area contributed by atoms with Crippen molar-refractivity contribution in [2.45, 2.75) is 13.8 Å². The summed E-state index contributed by atoms with van der Waals surface area (Å²) in [6.07, 6.45) is 3.52. The zero-order valence-electron chi connectivity index (χ0n) is 10.4. The van der Waals surface area contributed by atoms with Crippen molar-refractivity contribution in [3.05, 3.63) is 30.2 Å². The molecule has 2 aromatic heterocycles. The molecule has 0 aliphatic carbocycles. The van der Waals surface area contributed by atoms with Gasteiger partial charge in [-0.05, 0) is 18.1 Å². The third-order valence-corrected chi connectivity index (χ3v) is 2.54. The van der Waals surface area contributed by atoms with Crippen LogP contribution in [0.3, 0.4) is 0 Å². The van der Waals surface area contributed by atoms with E-state index in [0.29, 0.717) is 0 Å². The Morgan fingerprint density at radius 1 is 1.56 bits per heavy atom. The number of aromatic nitrogens is 2. The van der Waals surface area contributed by atoms with E-state index in [-0.39, 0.29) is 11.9 Å². The molecule has 0 aliphatic heterocycles. The number of aromatic amines is 1. The minimum Gasteiger partial charge on any atom is -0.369 e. The van der Waals surface area contributed by atoms with Crippen LogP contribution >= 0.6 is 0 Å². The topological polar surface area (TPSA) is 103 Å². The van der Waals surface area contributed by atoms with Gasteiger partial charge in [0.05, 0.1) is 23.1 Å². The van der Waals surface area contributed by atoms with E-state index in [0.717, 1.165) is 22.3 Å². The number of H-pyrrole nitrogens is 1. The second kappa shape index (κ2) is 4.87. The van der Waals surface area contributed by atoms with Crippen LogP contribution in [0.2, 0.25) is 0 Å². The van der Waals surface area contributed by atoms with Gasteiger partial charge >= 0.3 is 0 Å². The van der Waals surface area contributed by atoms with Gasteiger partial charge in [-0.15, -0.1) is 0 Å². The molecule has 0 saturated heterocycles. The molecule has 18 heavy (non-hydrogen) atoms. The lowest BCUT2D eigenvalue weighted by atomic mass is 10.1. The number of hydrogen-bond acceptors (Lipinski definition) is 3. The molecule has 0 atom stereocenters. The van der Waals surface area contributed by atoms with Crippen molar-refractivity contribution in [3.8, 4) is 0 Å². The van der Waals surface area contributed by atoms with Crippen molar-refractivity contribution in [1.82, 2.24) is 15.4 Å². The molecule has 0 fully saturated rings. The summed E-state index contributed by atoms with van der Waals surface area (Å²) in [5, 5.41) is 12.4. The predicted molar refractivity (Wildman–Crippen MR) is 72.5 cm³/mol. The van der Waals surface area contributed by atoms with Crippen molar-refractivity contribution >= 4 is 22.6 Å². The Kier molecular flexibility index (Phi) is 3.27. The highest BCUT2D eigenvalue weighted by molar-refractivity contribution is 6.04. The summed E-state index contributed by atoms with van der Waals surface area (Å²) < 4.78 is 0. The molecular weight excluding hydrogens is 228 g/mol. The lowest BCUT2D eigenvalue weighted by Crippen LogP contribution is -2.28. The number of nitrogens with two attached hydrogens (primary N) is 1. The Morgan fingerprint density at radius 2 is 2.33 bits per heavy atom. The van der Waals surface area contributed by atoms with E-state index in [9.17, 15) is 0 Å². The van der Waals surface area contributed by atoms with Crippen LogP contribution in [0.5, 0.6) is 0 Å². The molecule has 0 amide bonds. The molecule has 0 aromatic carbocycles. The van der Waals surface area contributed by atoms with E-state index >= 15 is 0 Å². The molecule has 0 saturated carbocycles. The van der Waals surface area contributed by atoms with Crippen molar-refractivity contribution < 1.29 is 0 Å². The van der Waals surface area contributed by atoms with E-state index < -0.39 is 0 Å². The Hall–Kier alpha value is -2.37. The SMILES string of the molecule is CC(C)/C(=N\NC(=N)N)c1cc2ccncc2[nH]1. The molecule has 6 nitrogen and oxygen atoms in total. The van der Waals surface area contributed by atoms with Crippen molar-refractivity contribution in [3.63, 3.8) is 0 Å². The van der Waals surface area contributed by atoms with Crippen LogP contribution in [0, 0.1) is 11.3 Å². The third-order valence-electron chi connectivity index (χ3n) is 2.54. The Morgan fingerprint density at radius 3 is 2.94 bits per heavy atom. The Balaban J connectivity index is 2.41. The number of pyridine rings is 1. The van der Waals surface area contributed by atoms with E-state index in [1.807, 2.05) is 26.0 Å². The molecule has 94 valence electrons. The Bertz CT molecular complexity index is 562. The summed E-state index contributed by atoms with van der Waals surface area (Å²) in [7, 11) is 0. The summed E-state index contributed by atoms with van der Waals surface area (Å²) >= 11 is 0. The number of fused-ring (bicyclic) bond motifs is 1. The molecule has 2 aromatic rings. The van der Waals surface area contributed by atoms with E-state index in [1.54, 1.807) is 12.4 Å². The first-order chi connectivity index (χ1) is 8.58. The average Bonchev–Trinajstić information content (AvgIpc) is 2.71. The summed E-state index contributed by atoms with van der Waals surface area (Å²) in [5.41, 5.74) is 10.4. The smallest absolute Gasteiger partial charge is 0.206 e. The van der Waals surface area contributed by atoms with E-state index in [2.05, 4.69) is 20.5 Å². The highest BCUT2D eigenvalue weighted by Crippen LogP contribution is 2.16. The molecule has 0 bridgehead atoms. The minimum atomic E-state index is -0.175. The third kappa shape index (κ3) is 2.48. The van der Waals surface area contributed by atoms with Gasteiger partial charge in [-0.2, -0.15) is 5.10 Å². The zero-order valence-corrected chi connectivity index (χ0v) is 10.4. The van der Waals surface area contributed by atoms with Crippen LogP contribution in [0.25, 0.3) is 10.9 Å². The van der Waals surface area contributed by atoms with E-state index in [4.69, 9.17) is 11.1 Å². The molecule has 0 radical (unpaired) electrons. The first-order valence-electron chi connectivity index (χ1n) is 5.68. The maximum Gasteiger partial charge on any atom is 0.206 e. The Labute approximate surface area is 105 Å². The summed E-state index contributed by atoms with van der Waals surface area (Å²) in [6.45, 7) is 4.06. The summed E-state index contributed by atoms with van der Waals surface area (Å²) in [5.74, 6) is 0.0313. The zero-order chi connectivity index (χ0) is 13.1. The maximum absolute atomic E-state index is 7.14. The fourth-order valence-electron chi connectivity index (χ4n) is 1.73. The van der Waals surface area contributed by atoms with Crippen LogP contribution in [0.15, 0.2) is 29.6 Å². The second-order valence-electron chi connectivity index (χ2n) is 4.32. The molecule has 6 heteroatoms. The van der Waals surface area contributed by atoms with Gasteiger partial charge in [0.1, 0.15) is 0 Å². The van der Waals surface area contributed by atoms with Crippen LogP contribution in [-0.2, 0) is 0 Å². The van der Waals surface area contributed by atoms with Gasteiger partial charge in [0.15, 0.2) is 0 Å². The molecule has 0 unspecified atom stereocenters. The van der Waals surface area contributed by atoms with Gasteiger partial charge in [0.2, 0.25) is 5.96 Å². The normalized spacial score (nSPS) is 12.1. The summed E-state index contributed by atoms with van der Waals surface area (Å²) in [6, 6.07) is 3.95. The highest BCUT2D eigenvalue weighted by Gasteiger charge is 2.12. The van der Waals surface area contributed by atoms with Crippen molar-refractivity contribution in [2.24, 2.45) is 16.8 Å². The number of hydrogen-bond donors (Lipinski definition) is 4. The van der Waals surface area contributed by atoms with Gasteiger partial charge in [0, 0.05) is 11.6 Å². The number of nitrogens with zero attached hydrogens (tertiary/aromatic N) is 2. The van der Waals surface area contributed by atoms with Gasteiger partial charge in [-0.3, -0.25) is 10.4 Å². The fourth-order valence-corrected chi connectivity index (χ4v) is 1.73. The maximum atomic E-state index is 7.14. The van der Waals surface area contributed by atoms with Crippen LogP contribution in [0.1, 0.15) is 19.5 Å². The second-order valence-corrected chi connectivity index (χ2v) is 4.32. The minimum absolute atomic E-state index is 0.175. The first-order valence-corrected chi connectivity index (χ1v) is 5.68. The lowest BCUT2D eigenvalue weighted by Gasteiger charge is -2.08. The lowest BCUT2D eigenvalue weighted by molar-refractivity contribution is 0.852.